The van der Waals surface area contributed by atoms with Gasteiger partial charge >= 0.3 is 0 Å². The van der Waals surface area contributed by atoms with Crippen molar-refractivity contribution in [1.82, 2.24) is 0 Å². The van der Waals surface area contributed by atoms with Gasteiger partial charge in [0, 0.05) is 0 Å². The van der Waals surface area contributed by atoms with E-state index >= 15 is 0 Å². The van der Waals surface area contributed by atoms with Crippen LogP contribution in [0.2, 0.25) is 0 Å². The number of hydrogen-bond donors (Lipinski definition) is 0. The summed E-state index contributed by atoms with van der Waals surface area (Å²) in [6, 6.07) is 8.33. The minimum absolute atomic E-state index is 0.000556. The summed E-state index contributed by atoms with van der Waals surface area (Å²) >= 11 is 0.477. The van der Waals surface area contributed by atoms with Gasteiger partial charge in [0.15, 0.2) is 5.82 Å². The fourth-order valence-electron chi connectivity index (χ4n) is 1.14. The van der Waals surface area contributed by atoms with E-state index in [1.807, 2.05) is 0 Å². The first-order valence-corrected chi connectivity index (χ1v) is 4.70. The van der Waals surface area contributed by atoms with Crippen LogP contribution < -0.4 is 0 Å². The maximum Gasteiger partial charge on any atom is 0.215 e. The van der Waals surface area contributed by atoms with E-state index in [2.05, 4.69) is 0 Å². The Labute approximate surface area is 82.6 Å². The van der Waals surface area contributed by atoms with E-state index in [9.17, 15) is 13.2 Å². The highest BCUT2D eigenvalue weighted by Gasteiger charge is 2.19. The molecule has 72 valence electrons. The number of halogens is 3. The molecule has 0 fully saturated rings. The van der Waals surface area contributed by atoms with Crippen LogP contribution in [-0.2, 0) is 0 Å². The lowest BCUT2D eigenvalue weighted by Gasteiger charge is -1.95. The van der Waals surface area contributed by atoms with Crippen molar-refractivity contribution in [1.29, 1.82) is 0 Å². The lowest BCUT2D eigenvalue weighted by atomic mass is 10.2. The highest BCUT2D eigenvalue weighted by Crippen LogP contribution is 2.33. The van der Waals surface area contributed by atoms with Crippen LogP contribution in [0.15, 0.2) is 30.3 Å². The van der Waals surface area contributed by atoms with Crippen LogP contribution in [-0.4, -0.2) is 0 Å². The first-order valence-electron chi connectivity index (χ1n) is 3.89. The Balaban J connectivity index is 2.58. The lowest BCUT2D eigenvalue weighted by Crippen LogP contribution is -1.80. The Bertz CT molecular complexity index is 448. The zero-order valence-corrected chi connectivity index (χ0v) is 7.75. The van der Waals surface area contributed by atoms with E-state index in [0.717, 1.165) is 0 Å². The maximum absolute atomic E-state index is 13.1. The molecule has 0 aliphatic carbocycles. The summed E-state index contributed by atoms with van der Waals surface area (Å²) in [4.78, 5) is 0.000556. The van der Waals surface area contributed by atoms with Gasteiger partial charge in [-0.2, -0.15) is 8.78 Å². The van der Waals surface area contributed by atoms with Gasteiger partial charge in [-0.25, -0.2) is 4.39 Å². The van der Waals surface area contributed by atoms with E-state index in [-0.39, 0.29) is 4.88 Å². The van der Waals surface area contributed by atoms with Crippen molar-refractivity contribution >= 4 is 11.3 Å². The molecule has 0 N–H and O–H groups in total. The van der Waals surface area contributed by atoms with Gasteiger partial charge in [-0.1, -0.05) is 41.7 Å². The van der Waals surface area contributed by atoms with Gasteiger partial charge in [-0.3, -0.25) is 0 Å². The lowest BCUT2D eigenvalue weighted by molar-refractivity contribution is 0.468. The second-order valence-corrected chi connectivity index (χ2v) is 3.67. The van der Waals surface area contributed by atoms with Gasteiger partial charge in [0.1, 0.15) is 0 Å². The van der Waals surface area contributed by atoms with Crippen LogP contribution in [0.5, 0.6) is 0 Å². The molecule has 14 heavy (non-hydrogen) atoms. The van der Waals surface area contributed by atoms with Crippen molar-refractivity contribution in [2.24, 2.45) is 0 Å². The van der Waals surface area contributed by atoms with Crippen molar-refractivity contribution < 1.29 is 13.2 Å². The zero-order chi connectivity index (χ0) is 10.1. The van der Waals surface area contributed by atoms with Crippen LogP contribution >= 0.6 is 11.3 Å². The molecular weight excluding hydrogens is 209 g/mol. The molecule has 4 heteroatoms. The molecule has 2 rings (SSSR count). The molecule has 0 saturated heterocycles. The van der Waals surface area contributed by atoms with Crippen molar-refractivity contribution in [3.8, 4) is 10.4 Å². The molecule has 0 unspecified atom stereocenters. The number of rotatable bonds is 1. The Hall–Kier alpha value is -1.29. The van der Waals surface area contributed by atoms with E-state index in [1.165, 1.54) is 0 Å². The SMILES string of the molecule is Fc1sc(-c2ccccc2)c(F)c1F. The third kappa shape index (κ3) is 1.42. The average Bonchev–Trinajstić information content (AvgIpc) is 2.47. The van der Waals surface area contributed by atoms with Gasteiger partial charge in [-0.05, 0) is 5.56 Å². The molecule has 0 amide bonds. The number of benzene rings is 1. The summed E-state index contributed by atoms with van der Waals surface area (Å²) in [7, 11) is 0. The fourth-order valence-corrected chi connectivity index (χ4v) is 1.93. The standard InChI is InChI=1S/C10H5F3S/c11-7-8(12)10(13)14-9(7)6-4-2-1-3-5-6/h1-5H. The van der Waals surface area contributed by atoms with Gasteiger partial charge in [0.2, 0.25) is 10.9 Å². The second-order valence-electron chi connectivity index (χ2n) is 2.70. The summed E-state index contributed by atoms with van der Waals surface area (Å²) in [5.74, 6) is -2.51. The van der Waals surface area contributed by atoms with E-state index in [1.54, 1.807) is 30.3 Å². The molecule has 1 aromatic heterocycles. The summed E-state index contributed by atoms with van der Waals surface area (Å²) in [5.41, 5.74) is 0.484. The van der Waals surface area contributed by atoms with Crippen LogP contribution in [0.1, 0.15) is 0 Å². The van der Waals surface area contributed by atoms with Gasteiger partial charge in [-0.15, -0.1) is 0 Å². The summed E-state index contributed by atoms with van der Waals surface area (Å²) < 4.78 is 38.5. The molecule has 1 heterocycles. The van der Waals surface area contributed by atoms with Gasteiger partial charge in [0.05, 0.1) is 4.88 Å². The Kier molecular flexibility index (Phi) is 2.29. The molecule has 0 saturated carbocycles. The van der Waals surface area contributed by atoms with Crippen molar-refractivity contribution in [2.45, 2.75) is 0 Å². The molecule has 0 aliphatic heterocycles. The molecule has 1 aromatic carbocycles. The monoisotopic (exact) mass is 214 g/mol. The molecule has 0 radical (unpaired) electrons. The normalized spacial score (nSPS) is 10.5. The van der Waals surface area contributed by atoms with Crippen LogP contribution in [0.3, 0.4) is 0 Å². The summed E-state index contributed by atoms with van der Waals surface area (Å²) in [6.07, 6.45) is 0. The van der Waals surface area contributed by atoms with Gasteiger partial charge < -0.3 is 0 Å². The average molecular weight is 214 g/mol. The minimum atomic E-state index is -1.39. The van der Waals surface area contributed by atoms with E-state index in [0.29, 0.717) is 16.9 Å². The van der Waals surface area contributed by atoms with Crippen molar-refractivity contribution in [3.63, 3.8) is 0 Å². The fraction of sp³-hybridized carbons (Fsp3) is 0. The van der Waals surface area contributed by atoms with Crippen LogP contribution in [0.4, 0.5) is 13.2 Å². The Morgan fingerprint density at radius 2 is 1.50 bits per heavy atom. The minimum Gasteiger partial charge on any atom is -0.202 e. The summed E-state index contributed by atoms with van der Waals surface area (Å²) in [5, 5.41) is -1.11. The van der Waals surface area contributed by atoms with E-state index < -0.39 is 16.8 Å². The zero-order valence-electron chi connectivity index (χ0n) is 6.93. The Morgan fingerprint density at radius 1 is 0.857 bits per heavy atom. The van der Waals surface area contributed by atoms with Crippen molar-refractivity contribution in [2.75, 3.05) is 0 Å². The van der Waals surface area contributed by atoms with Crippen LogP contribution in [0.25, 0.3) is 10.4 Å². The molecule has 0 atom stereocenters. The molecule has 0 aliphatic rings. The highest BCUT2D eigenvalue weighted by molar-refractivity contribution is 7.14. The smallest absolute Gasteiger partial charge is 0.202 e. The third-order valence-electron chi connectivity index (χ3n) is 1.79. The van der Waals surface area contributed by atoms with Crippen LogP contribution in [0, 0.1) is 16.8 Å². The first kappa shape index (κ1) is 9.27. The number of hydrogen-bond acceptors (Lipinski definition) is 1. The molecular formula is C10H5F3S. The largest absolute Gasteiger partial charge is 0.215 e. The van der Waals surface area contributed by atoms with E-state index in [4.69, 9.17) is 0 Å². The highest BCUT2D eigenvalue weighted by atomic mass is 32.1. The molecule has 0 nitrogen and oxygen atoms in total. The molecule has 2 aromatic rings. The summed E-state index contributed by atoms with van der Waals surface area (Å²) in [6.45, 7) is 0. The third-order valence-corrected chi connectivity index (χ3v) is 2.77. The van der Waals surface area contributed by atoms with Crippen molar-refractivity contribution in [3.05, 3.63) is 47.1 Å². The quantitative estimate of drug-likeness (QED) is 0.676. The first-order chi connectivity index (χ1) is 6.70. The molecule has 0 spiro atoms. The number of thiophene rings is 1. The maximum atomic E-state index is 13.1. The Morgan fingerprint density at radius 3 is 2.00 bits per heavy atom. The molecule has 0 bridgehead atoms. The predicted octanol–water partition coefficient (Wildman–Crippen LogP) is 3.83. The van der Waals surface area contributed by atoms with Gasteiger partial charge in [0.25, 0.3) is 0 Å². The predicted molar refractivity (Wildman–Crippen MR) is 49.6 cm³/mol. The topological polar surface area (TPSA) is 0 Å². The second kappa shape index (κ2) is 3.46.